The van der Waals surface area contributed by atoms with Crippen molar-refractivity contribution in [2.45, 2.75) is 13.1 Å². The average Bonchev–Trinajstić information content (AvgIpc) is 2.65. The third-order valence-corrected chi connectivity index (χ3v) is 3.16. The standard InChI is InChI=1S/C13H15N3O4/c1-15-11(17)12(18)16(13(15)19)7-8-3-4-10(20-2)9(5-8)6-14/h3-5H,6-7,14H2,1-2H3. The fourth-order valence-corrected chi connectivity index (χ4v) is 2.03. The van der Waals surface area contributed by atoms with Crippen LogP contribution in [0, 0.1) is 0 Å². The van der Waals surface area contributed by atoms with Gasteiger partial charge in [0.25, 0.3) is 0 Å². The summed E-state index contributed by atoms with van der Waals surface area (Å²) in [4.78, 5) is 36.6. The molecule has 1 aliphatic rings. The van der Waals surface area contributed by atoms with Crippen molar-refractivity contribution in [3.8, 4) is 5.75 Å². The number of carbonyl (C=O) groups is 3. The number of benzene rings is 1. The van der Waals surface area contributed by atoms with Crippen LogP contribution in [-0.2, 0) is 22.7 Å². The number of hydrogen-bond acceptors (Lipinski definition) is 5. The summed E-state index contributed by atoms with van der Waals surface area (Å²) in [6.45, 7) is 0.308. The van der Waals surface area contributed by atoms with E-state index in [0.717, 1.165) is 15.4 Å². The number of imide groups is 2. The van der Waals surface area contributed by atoms with Gasteiger partial charge >= 0.3 is 17.8 Å². The van der Waals surface area contributed by atoms with Crippen LogP contribution in [0.4, 0.5) is 4.79 Å². The second-order valence-electron chi connectivity index (χ2n) is 4.39. The lowest BCUT2D eigenvalue weighted by Crippen LogP contribution is -2.31. The Morgan fingerprint density at radius 3 is 2.40 bits per heavy atom. The van der Waals surface area contributed by atoms with Gasteiger partial charge in [-0.1, -0.05) is 6.07 Å². The Morgan fingerprint density at radius 2 is 1.90 bits per heavy atom. The molecular formula is C13H15N3O4. The molecule has 106 valence electrons. The zero-order chi connectivity index (χ0) is 14.9. The molecule has 0 aliphatic carbocycles. The largest absolute Gasteiger partial charge is 0.496 e. The van der Waals surface area contributed by atoms with Crippen LogP contribution in [0.2, 0.25) is 0 Å². The summed E-state index contributed by atoms with van der Waals surface area (Å²) < 4.78 is 5.15. The molecule has 0 spiro atoms. The summed E-state index contributed by atoms with van der Waals surface area (Å²) in [6.07, 6.45) is 0. The molecule has 0 bridgehead atoms. The number of urea groups is 1. The van der Waals surface area contributed by atoms with Crippen LogP contribution in [-0.4, -0.2) is 41.8 Å². The van der Waals surface area contributed by atoms with Crippen LogP contribution in [0.15, 0.2) is 18.2 Å². The van der Waals surface area contributed by atoms with Gasteiger partial charge in [0, 0.05) is 19.2 Å². The molecule has 4 amide bonds. The van der Waals surface area contributed by atoms with E-state index in [4.69, 9.17) is 10.5 Å². The molecule has 0 aromatic heterocycles. The zero-order valence-corrected chi connectivity index (χ0v) is 11.3. The van der Waals surface area contributed by atoms with Crippen molar-refractivity contribution in [3.05, 3.63) is 29.3 Å². The van der Waals surface area contributed by atoms with E-state index in [9.17, 15) is 14.4 Å². The summed E-state index contributed by atoms with van der Waals surface area (Å²) in [5.74, 6) is -0.992. The number of amides is 4. The Morgan fingerprint density at radius 1 is 1.20 bits per heavy atom. The first-order valence-electron chi connectivity index (χ1n) is 5.99. The lowest BCUT2D eigenvalue weighted by atomic mass is 10.1. The van der Waals surface area contributed by atoms with E-state index in [1.165, 1.54) is 14.2 Å². The van der Waals surface area contributed by atoms with Crippen molar-refractivity contribution in [2.24, 2.45) is 5.73 Å². The van der Waals surface area contributed by atoms with Gasteiger partial charge < -0.3 is 10.5 Å². The van der Waals surface area contributed by atoms with Gasteiger partial charge in [-0.15, -0.1) is 0 Å². The molecule has 1 aromatic rings. The molecule has 1 aromatic carbocycles. The predicted molar refractivity (Wildman–Crippen MR) is 69.6 cm³/mol. The van der Waals surface area contributed by atoms with Gasteiger partial charge in [0.05, 0.1) is 13.7 Å². The minimum atomic E-state index is -0.817. The molecule has 0 saturated carbocycles. The van der Waals surface area contributed by atoms with Crippen LogP contribution in [0.5, 0.6) is 5.75 Å². The average molecular weight is 277 g/mol. The van der Waals surface area contributed by atoms with E-state index >= 15 is 0 Å². The maximum Gasteiger partial charge on any atom is 0.334 e. The Balaban J connectivity index is 2.25. The topological polar surface area (TPSA) is 92.9 Å². The second-order valence-corrected chi connectivity index (χ2v) is 4.39. The van der Waals surface area contributed by atoms with Gasteiger partial charge in [0.15, 0.2) is 0 Å². The number of nitrogens with two attached hydrogens (primary N) is 1. The molecule has 0 unspecified atom stereocenters. The summed E-state index contributed by atoms with van der Waals surface area (Å²) in [5.41, 5.74) is 7.08. The Kier molecular flexibility index (Phi) is 3.71. The number of rotatable bonds is 4. The molecule has 1 saturated heterocycles. The fraction of sp³-hybridized carbons (Fsp3) is 0.308. The summed E-state index contributed by atoms with van der Waals surface area (Å²) in [5, 5.41) is 0. The third-order valence-electron chi connectivity index (χ3n) is 3.16. The van der Waals surface area contributed by atoms with E-state index in [1.807, 2.05) is 0 Å². The molecule has 20 heavy (non-hydrogen) atoms. The first kappa shape index (κ1) is 14.0. The van der Waals surface area contributed by atoms with E-state index in [2.05, 4.69) is 0 Å². The number of hydrogen-bond donors (Lipinski definition) is 1. The molecule has 2 rings (SSSR count). The number of likely N-dealkylation sites (N-methyl/N-ethyl adjacent to an activating group) is 1. The number of ether oxygens (including phenoxy) is 1. The van der Waals surface area contributed by atoms with Gasteiger partial charge in [0.2, 0.25) is 0 Å². The van der Waals surface area contributed by atoms with Gasteiger partial charge in [-0.3, -0.25) is 19.4 Å². The van der Waals surface area contributed by atoms with Gasteiger partial charge in [-0.05, 0) is 17.7 Å². The minimum Gasteiger partial charge on any atom is -0.496 e. The van der Waals surface area contributed by atoms with Crippen LogP contribution >= 0.6 is 0 Å². The monoisotopic (exact) mass is 277 g/mol. The normalized spacial score (nSPS) is 15.2. The quantitative estimate of drug-likeness (QED) is 0.621. The van der Waals surface area contributed by atoms with E-state index < -0.39 is 17.8 Å². The summed E-state index contributed by atoms with van der Waals surface area (Å²) in [7, 11) is 2.82. The van der Waals surface area contributed by atoms with Crippen molar-refractivity contribution in [3.63, 3.8) is 0 Å². The first-order valence-corrected chi connectivity index (χ1v) is 5.99. The molecular weight excluding hydrogens is 262 g/mol. The molecule has 1 fully saturated rings. The molecule has 0 radical (unpaired) electrons. The summed E-state index contributed by atoms with van der Waals surface area (Å²) in [6, 6.07) is 4.57. The second kappa shape index (κ2) is 5.30. The van der Waals surface area contributed by atoms with Crippen LogP contribution in [0.1, 0.15) is 11.1 Å². The van der Waals surface area contributed by atoms with Crippen molar-refractivity contribution >= 4 is 17.8 Å². The van der Waals surface area contributed by atoms with Crippen LogP contribution in [0.3, 0.4) is 0 Å². The Hall–Kier alpha value is -2.41. The van der Waals surface area contributed by atoms with Crippen LogP contribution < -0.4 is 10.5 Å². The Bertz CT molecular complexity index is 585. The molecule has 0 atom stereocenters. The molecule has 1 aliphatic heterocycles. The number of nitrogens with zero attached hydrogens (tertiary/aromatic N) is 2. The summed E-state index contributed by atoms with van der Waals surface area (Å²) >= 11 is 0. The molecule has 2 N–H and O–H groups in total. The molecule has 7 nitrogen and oxygen atoms in total. The van der Waals surface area contributed by atoms with Crippen molar-refractivity contribution < 1.29 is 19.1 Å². The highest BCUT2D eigenvalue weighted by atomic mass is 16.5. The maximum absolute atomic E-state index is 11.8. The van der Waals surface area contributed by atoms with E-state index in [-0.39, 0.29) is 13.1 Å². The highest BCUT2D eigenvalue weighted by Gasteiger charge is 2.41. The van der Waals surface area contributed by atoms with E-state index in [1.54, 1.807) is 18.2 Å². The fourth-order valence-electron chi connectivity index (χ4n) is 2.03. The SMILES string of the molecule is COc1ccc(CN2C(=O)C(=O)N(C)C2=O)cc1CN. The highest BCUT2D eigenvalue weighted by Crippen LogP contribution is 2.21. The maximum atomic E-state index is 11.8. The first-order chi connectivity index (χ1) is 9.49. The lowest BCUT2D eigenvalue weighted by Gasteiger charge is -2.14. The smallest absolute Gasteiger partial charge is 0.334 e. The third kappa shape index (κ3) is 2.23. The zero-order valence-electron chi connectivity index (χ0n) is 11.3. The van der Waals surface area contributed by atoms with Gasteiger partial charge in [0.1, 0.15) is 5.75 Å². The number of carbonyl (C=O) groups excluding carboxylic acids is 3. The van der Waals surface area contributed by atoms with E-state index in [0.29, 0.717) is 11.3 Å². The highest BCUT2D eigenvalue weighted by molar-refractivity contribution is 6.44. The lowest BCUT2D eigenvalue weighted by molar-refractivity contribution is -0.143. The van der Waals surface area contributed by atoms with Crippen molar-refractivity contribution in [1.82, 2.24) is 9.80 Å². The van der Waals surface area contributed by atoms with Gasteiger partial charge in [-0.25, -0.2) is 4.79 Å². The van der Waals surface area contributed by atoms with Crippen LogP contribution in [0.25, 0.3) is 0 Å². The number of methoxy groups -OCH3 is 1. The Labute approximate surface area is 115 Å². The van der Waals surface area contributed by atoms with Crippen molar-refractivity contribution in [2.75, 3.05) is 14.2 Å². The van der Waals surface area contributed by atoms with Crippen molar-refractivity contribution in [1.29, 1.82) is 0 Å². The molecule has 1 heterocycles. The van der Waals surface area contributed by atoms with Gasteiger partial charge in [-0.2, -0.15) is 0 Å². The predicted octanol–water partition coefficient (Wildman–Crippen LogP) is 0.0745. The minimum absolute atomic E-state index is 0.0325. The molecule has 7 heteroatoms.